The van der Waals surface area contributed by atoms with Crippen molar-refractivity contribution in [2.45, 2.75) is 53.2 Å². The lowest BCUT2D eigenvalue weighted by Crippen LogP contribution is -2.43. The zero-order valence-electron chi connectivity index (χ0n) is 10.4. The summed E-state index contributed by atoms with van der Waals surface area (Å²) in [6.07, 6.45) is -0.552. The van der Waals surface area contributed by atoms with Gasteiger partial charge in [0, 0.05) is 5.92 Å². The van der Waals surface area contributed by atoms with Gasteiger partial charge in [-0.25, -0.2) is 4.79 Å². The summed E-state index contributed by atoms with van der Waals surface area (Å²) in [6, 6.07) is -0.500. The molecule has 0 unspecified atom stereocenters. The van der Waals surface area contributed by atoms with Crippen LogP contribution in [0.3, 0.4) is 0 Å². The molecule has 15 heavy (non-hydrogen) atoms. The van der Waals surface area contributed by atoms with Crippen molar-refractivity contribution >= 4 is 11.9 Å². The van der Waals surface area contributed by atoms with E-state index in [9.17, 15) is 9.59 Å². The van der Waals surface area contributed by atoms with Crippen molar-refractivity contribution in [3.63, 3.8) is 0 Å². The standard InChI is InChI=1S/C11H21NO3/c1-7(2)9(13)8(3)12-10(14)15-11(4,5)6/h7-8H,1-6H3,(H,12,14)/t8-/m0/s1. The van der Waals surface area contributed by atoms with Gasteiger partial charge in [-0.05, 0) is 27.7 Å². The predicted molar refractivity (Wildman–Crippen MR) is 58.7 cm³/mol. The van der Waals surface area contributed by atoms with Gasteiger partial charge < -0.3 is 10.1 Å². The van der Waals surface area contributed by atoms with E-state index in [1.54, 1.807) is 41.5 Å². The SMILES string of the molecule is CC(C)C(=O)[C@H](C)NC(=O)OC(C)(C)C. The molecule has 0 aromatic heterocycles. The maximum Gasteiger partial charge on any atom is 0.408 e. The number of nitrogens with one attached hydrogen (secondary N) is 1. The maximum atomic E-state index is 11.5. The van der Waals surface area contributed by atoms with E-state index in [1.807, 2.05) is 0 Å². The zero-order chi connectivity index (χ0) is 12.2. The fourth-order valence-electron chi connectivity index (χ4n) is 1.06. The summed E-state index contributed by atoms with van der Waals surface area (Å²) in [5, 5.41) is 2.51. The quantitative estimate of drug-likeness (QED) is 0.784. The van der Waals surface area contributed by atoms with Crippen molar-refractivity contribution in [3.8, 4) is 0 Å². The molecule has 0 aromatic rings. The molecule has 0 rings (SSSR count). The van der Waals surface area contributed by atoms with Crippen LogP contribution >= 0.6 is 0 Å². The van der Waals surface area contributed by atoms with Gasteiger partial charge >= 0.3 is 6.09 Å². The van der Waals surface area contributed by atoms with Crippen molar-refractivity contribution in [3.05, 3.63) is 0 Å². The van der Waals surface area contributed by atoms with E-state index in [-0.39, 0.29) is 11.7 Å². The highest BCUT2D eigenvalue weighted by atomic mass is 16.6. The molecule has 4 nitrogen and oxygen atoms in total. The molecule has 0 heterocycles. The number of rotatable bonds is 3. The van der Waals surface area contributed by atoms with Gasteiger partial charge in [0.05, 0.1) is 6.04 Å². The summed E-state index contributed by atoms with van der Waals surface area (Å²) in [6.45, 7) is 10.6. The Morgan fingerprint density at radius 2 is 1.60 bits per heavy atom. The minimum absolute atomic E-state index is 0.000796. The second-order valence-electron chi connectivity index (χ2n) is 4.92. The number of alkyl carbamates (subject to hydrolysis) is 1. The van der Waals surface area contributed by atoms with E-state index in [0.717, 1.165) is 0 Å². The smallest absolute Gasteiger partial charge is 0.408 e. The monoisotopic (exact) mass is 215 g/mol. The largest absolute Gasteiger partial charge is 0.444 e. The third-order valence-electron chi connectivity index (χ3n) is 1.73. The van der Waals surface area contributed by atoms with Gasteiger partial charge in [-0.2, -0.15) is 0 Å². The summed E-state index contributed by atoms with van der Waals surface area (Å²) < 4.78 is 5.04. The molecule has 0 fully saturated rings. The molecule has 0 aliphatic heterocycles. The van der Waals surface area contributed by atoms with Crippen LogP contribution in [0.15, 0.2) is 0 Å². The van der Waals surface area contributed by atoms with E-state index < -0.39 is 17.7 Å². The number of hydrogen-bond donors (Lipinski definition) is 1. The van der Waals surface area contributed by atoms with Crippen LogP contribution in [0, 0.1) is 5.92 Å². The second kappa shape index (κ2) is 5.14. The number of ketones is 1. The molecule has 0 aliphatic carbocycles. The van der Waals surface area contributed by atoms with Crippen molar-refractivity contribution < 1.29 is 14.3 Å². The predicted octanol–water partition coefficient (Wildman–Crippen LogP) is 2.12. The molecule has 0 aromatic carbocycles. The minimum atomic E-state index is -0.552. The maximum absolute atomic E-state index is 11.5. The lowest BCUT2D eigenvalue weighted by Gasteiger charge is -2.22. The van der Waals surface area contributed by atoms with Gasteiger partial charge in [0.25, 0.3) is 0 Å². The molecule has 1 atom stereocenters. The molecule has 1 amide bonds. The third-order valence-corrected chi connectivity index (χ3v) is 1.73. The van der Waals surface area contributed by atoms with Crippen LogP contribution in [0.25, 0.3) is 0 Å². The second-order valence-corrected chi connectivity index (χ2v) is 4.92. The molecular formula is C11H21NO3. The van der Waals surface area contributed by atoms with Gasteiger partial charge in [-0.1, -0.05) is 13.8 Å². The van der Waals surface area contributed by atoms with Crippen molar-refractivity contribution in [1.29, 1.82) is 0 Å². The highest BCUT2D eigenvalue weighted by Gasteiger charge is 2.22. The first kappa shape index (κ1) is 13.9. The molecule has 0 saturated heterocycles. The molecule has 0 radical (unpaired) electrons. The Morgan fingerprint density at radius 3 is 1.93 bits per heavy atom. The van der Waals surface area contributed by atoms with Crippen LogP contribution in [-0.4, -0.2) is 23.5 Å². The Kier molecular flexibility index (Phi) is 4.78. The molecular weight excluding hydrogens is 194 g/mol. The summed E-state index contributed by atoms with van der Waals surface area (Å²) in [4.78, 5) is 22.8. The van der Waals surface area contributed by atoms with Crippen molar-refractivity contribution in [1.82, 2.24) is 5.32 Å². The molecule has 0 spiro atoms. The average molecular weight is 215 g/mol. The number of carbonyl (C=O) groups excluding carboxylic acids is 2. The Hall–Kier alpha value is -1.06. The van der Waals surface area contributed by atoms with E-state index in [4.69, 9.17) is 4.74 Å². The van der Waals surface area contributed by atoms with Gasteiger partial charge in [0.2, 0.25) is 0 Å². The number of ether oxygens (including phenoxy) is 1. The summed E-state index contributed by atoms with van der Waals surface area (Å²) >= 11 is 0. The number of Topliss-reactive ketones (excluding diaryl/α,β-unsaturated/α-hetero) is 1. The zero-order valence-corrected chi connectivity index (χ0v) is 10.4. The van der Waals surface area contributed by atoms with E-state index >= 15 is 0 Å². The van der Waals surface area contributed by atoms with Crippen LogP contribution in [0.2, 0.25) is 0 Å². The fourth-order valence-corrected chi connectivity index (χ4v) is 1.06. The van der Waals surface area contributed by atoms with E-state index in [2.05, 4.69) is 5.32 Å². The topological polar surface area (TPSA) is 55.4 Å². The van der Waals surface area contributed by atoms with Gasteiger partial charge in [0.1, 0.15) is 5.60 Å². The van der Waals surface area contributed by atoms with Crippen LogP contribution in [0.4, 0.5) is 4.79 Å². The van der Waals surface area contributed by atoms with Crippen molar-refractivity contribution in [2.75, 3.05) is 0 Å². The van der Waals surface area contributed by atoms with Crippen LogP contribution in [0.5, 0.6) is 0 Å². The van der Waals surface area contributed by atoms with Crippen LogP contribution < -0.4 is 5.32 Å². The Balaban J connectivity index is 4.14. The summed E-state index contributed by atoms with van der Waals surface area (Å²) in [5.41, 5.74) is -0.537. The molecule has 88 valence electrons. The van der Waals surface area contributed by atoms with Crippen molar-refractivity contribution in [2.24, 2.45) is 5.92 Å². The number of amides is 1. The lowest BCUT2D eigenvalue weighted by molar-refractivity contribution is -0.123. The van der Waals surface area contributed by atoms with E-state index in [0.29, 0.717) is 0 Å². The number of hydrogen-bond acceptors (Lipinski definition) is 3. The van der Waals surface area contributed by atoms with Gasteiger partial charge in [-0.15, -0.1) is 0 Å². The normalized spacial score (nSPS) is 13.5. The first-order chi connectivity index (χ1) is 6.63. The summed E-state index contributed by atoms with van der Waals surface area (Å²) in [7, 11) is 0. The minimum Gasteiger partial charge on any atom is -0.444 e. The van der Waals surface area contributed by atoms with Gasteiger partial charge in [0.15, 0.2) is 5.78 Å². The molecule has 1 N–H and O–H groups in total. The third kappa shape index (κ3) is 6.10. The molecule has 4 heteroatoms. The summed E-state index contributed by atoms with van der Waals surface area (Å²) in [5.74, 6) is -0.0872. The lowest BCUT2D eigenvalue weighted by atomic mass is 10.0. The first-order valence-electron chi connectivity index (χ1n) is 5.16. The van der Waals surface area contributed by atoms with Gasteiger partial charge in [-0.3, -0.25) is 4.79 Å². The Morgan fingerprint density at radius 1 is 1.13 bits per heavy atom. The van der Waals surface area contributed by atoms with E-state index in [1.165, 1.54) is 0 Å². The molecule has 0 aliphatic rings. The average Bonchev–Trinajstić information content (AvgIpc) is 1.98. The van der Waals surface area contributed by atoms with Crippen LogP contribution in [-0.2, 0) is 9.53 Å². The Bertz CT molecular complexity index is 241. The Labute approximate surface area is 91.4 Å². The van der Waals surface area contributed by atoms with Crippen LogP contribution in [0.1, 0.15) is 41.5 Å². The molecule has 0 saturated carbocycles. The fraction of sp³-hybridized carbons (Fsp3) is 0.818. The highest BCUT2D eigenvalue weighted by Crippen LogP contribution is 2.07. The number of carbonyl (C=O) groups is 2. The molecule has 0 bridgehead atoms. The first-order valence-corrected chi connectivity index (χ1v) is 5.16. The highest BCUT2D eigenvalue weighted by molar-refractivity contribution is 5.88.